The van der Waals surface area contributed by atoms with Gasteiger partial charge in [0.15, 0.2) is 5.78 Å². The van der Waals surface area contributed by atoms with Crippen LogP contribution < -0.4 is 10.6 Å². The molecule has 0 rings (SSSR count). The Kier molecular flexibility index (Phi) is 10.9. The smallest absolute Gasteiger partial charge is 0.329 e. The summed E-state index contributed by atoms with van der Waals surface area (Å²) >= 11 is 0. The van der Waals surface area contributed by atoms with Crippen molar-refractivity contribution >= 4 is 29.8 Å². The number of Topliss-reactive ketones (excluding diaryl/α,β-unsaturated/α-hetero) is 1. The largest absolute Gasteiger partial charge is 0.458 e. The third kappa shape index (κ3) is 13.0. The molecule has 9 nitrogen and oxygen atoms in total. The van der Waals surface area contributed by atoms with E-state index in [0.29, 0.717) is 12.6 Å². The molecule has 0 unspecified atom stereocenters. The van der Waals surface area contributed by atoms with Gasteiger partial charge in [0.05, 0.1) is 12.8 Å². The summed E-state index contributed by atoms with van der Waals surface area (Å²) in [7, 11) is 3.49. The molecule has 0 saturated heterocycles. The Labute approximate surface area is 179 Å². The van der Waals surface area contributed by atoms with Crippen molar-refractivity contribution in [2.24, 2.45) is 5.41 Å². The van der Waals surface area contributed by atoms with Gasteiger partial charge in [-0.25, -0.2) is 4.79 Å². The van der Waals surface area contributed by atoms with Crippen molar-refractivity contribution in [3.63, 3.8) is 0 Å². The number of nitrogens with one attached hydrogen (secondary N) is 3. The minimum Gasteiger partial charge on any atom is -0.458 e. The predicted octanol–water partition coefficient (Wildman–Crippen LogP) is 1.29. The molecule has 9 heteroatoms. The van der Waals surface area contributed by atoms with E-state index in [9.17, 15) is 19.2 Å². The summed E-state index contributed by atoms with van der Waals surface area (Å²) in [5.74, 6) is -1.95. The Bertz CT molecular complexity index is 632. The second kappa shape index (κ2) is 11.8. The van der Waals surface area contributed by atoms with Crippen molar-refractivity contribution in [1.29, 1.82) is 5.41 Å². The van der Waals surface area contributed by atoms with Gasteiger partial charge in [0.2, 0.25) is 11.8 Å². The van der Waals surface area contributed by atoms with Crippen molar-refractivity contribution in [3.05, 3.63) is 0 Å². The molecule has 0 radical (unpaired) electrons. The van der Waals surface area contributed by atoms with Crippen LogP contribution >= 0.6 is 0 Å². The average molecular weight is 427 g/mol. The van der Waals surface area contributed by atoms with E-state index in [0.717, 1.165) is 0 Å². The number of hydrogen-bond donors (Lipinski definition) is 3. The van der Waals surface area contributed by atoms with Crippen molar-refractivity contribution in [3.8, 4) is 0 Å². The minimum atomic E-state index is -1.06. The highest BCUT2D eigenvalue weighted by Gasteiger charge is 2.32. The normalized spacial score (nSPS) is 13.9. The van der Waals surface area contributed by atoms with E-state index < -0.39 is 35.3 Å². The molecule has 0 aromatic carbocycles. The number of carbonyl (C=O) groups excluding carboxylic acids is 4. The Hall–Kier alpha value is -2.29. The quantitative estimate of drug-likeness (QED) is 0.337. The molecular formula is C21H38N4O5. The number of hydrogen-bond acceptors (Lipinski definition) is 7. The number of likely N-dealkylation sites (N-methyl/N-ethyl adjacent to an activating group) is 1. The van der Waals surface area contributed by atoms with Crippen LogP contribution in [0.4, 0.5) is 0 Å². The van der Waals surface area contributed by atoms with Crippen LogP contribution in [-0.4, -0.2) is 73.0 Å². The molecule has 172 valence electrons. The van der Waals surface area contributed by atoms with Gasteiger partial charge >= 0.3 is 5.97 Å². The van der Waals surface area contributed by atoms with Crippen LogP contribution in [0.1, 0.15) is 60.8 Å². The van der Waals surface area contributed by atoms with E-state index in [1.54, 1.807) is 39.8 Å². The van der Waals surface area contributed by atoms with E-state index in [1.807, 2.05) is 20.8 Å². The number of ketones is 1. The van der Waals surface area contributed by atoms with Crippen molar-refractivity contribution in [2.45, 2.75) is 78.5 Å². The van der Waals surface area contributed by atoms with Crippen molar-refractivity contribution < 1.29 is 23.9 Å². The fraction of sp³-hybridized carbons (Fsp3) is 0.762. The SMILES string of the molecule is CN(C)CC(=O)N[C@@H](CC(C)(C)C)C(=O)N[C@@H](CCC(=O)C=N)C(=O)OC(C)(C)C. The van der Waals surface area contributed by atoms with Gasteiger partial charge in [0.25, 0.3) is 0 Å². The third-order valence-corrected chi connectivity index (χ3v) is 3.78. The van der Waals surface area contributed by atoms with Crippen LogP contribution in [0.2, 0.25) is 0 Å². The van der Waals surface area contributed by atoms with Gasteiger partial charge < -0.3 is 25.7 Å². The number of rotatable bonds is 11. The lowest BCUT2D eigenvalue weighted by atomic mass is 9.87. The maximum absolute atomic E-state index is 13.0. The lowest BCUT2D eigenvalue weighted by Gasteiger charge is -2.29. The van der Waals surface area contributed by atoms with Gasteiger partial charge in [-0.1, -0.05) is 20.8 Å². The fourth-order valence-electron chi connectivity index (χ4n) is 2.60. The zero-order valence-electron chi connectivity index (χ0n) is 19.5. The molecule has 0 bridgehead atoms. The van der Waals surface area contributed by atoms with E-state index in [2.05, 4.69) is 10.6 Å². The van der Waals surface area contributed by atoms with Crippen LogP contribution in [0.15, 0.2) is 0 Å². The molecule has 0 aromatic rings. The highest BCUT2D eigenvalue weighted by molar-refractivity contribution is 6.26. The van der Waals surface area contributed by atoms with Gasteiger partial charge in [-0.15, -0.1) is 0 Å². The predicted molar refractivity (Wildman–Crippen MR) is 115 cm³/mol. The second-order valence-electron chi connectivity index (χ2n) is 9.87. The van der Waals surface area contributed by atoms with Crippen molar-refractivity contribution in [2.75, 3.05) is 20.6 Å². The molecule has 30 heavy (non-hydrogen) atoms. The molecule has 0 aliphatic rings. The van der Waals surface area contributed by atoms with E-state index in [1.165, 1.54) is 0 Å². The highest BCUT2D eigenvalue weighted by Crippen LogP contribution is 2.21. The second-order valence-corrected chi connectivity index (χ2v) is 9.87. The highest BCUT2D eigenvalue weighted by atomic mass is 16.6. The Morgan fingerprint density at radius 3 is 2.00 bits per heavy atom. The van der Waals surface area contributed by atoms with Crippen molar-refractivity contribution in [1.82, 2.24) is 15.5 Å². The molecule has 0 saturated carbocycles. The van der Waals surface area contributed by atoms with Gasteiger partial charge in [-0.3, -0.25) is 14.4 Å². The summed E-state index contributed by atoms with van der Waals surface area (Å²) in [4.78, 5) is 51.0. The Morgan fingerprint density at radius 2 is 1.57 bits per heavy atom. The number of nitrogens with zero attached hydrogens (tertiary/aromatic N) is 1. The summed E-state index contributed by atoms with van der Waals surface area (Å²) in [5, 5.41) is 12.4. The third-order valence-electron chi connectivity index (χ3n) is 3.78. The summed E-state index contributed by atoms with van der Waals surface area (Å²) in [6.07, 6.45) is 0.962. The molecule has 0 aliphatic heterocycles. The summed E-state index contributed by atoms with van der Waals surface area (Å²) in [6, 6.07) is -1.91. The summed E-state index contributed by atoms with van der Waals surface area (Å²) < 4.78 is 5.37. The number of carbonyl (C=O) groups is 4. The summed E-state index contributed by atoms with van der Waals surface area (Å²) in [5.41, 5.74) is -1.03. The van der Waals surface area contributed by atoms with Crippen LogP contribution in [0, 0.1) is 10.8 Å². The molecule has 0 heterocycles. The molecular weight excluding hydrogens is 388 g/mol. The van der Waals surface area contributed by atoms with Gasteiger partial charge in [-0.2, -0.15) is 0 Å². The zero-order valence-corrected chi connectivity index (χ0v) is 19.5. The van der Waals surface area contributed by atoms with E-state index in [4.69, 9.17) is 10.1 Å². The first-order valence-electron chi connectivity index (χ1n) is 10.0. The van der Waals surface area contributed by atoms with Crippen LogP contribution in [0.5, 0.6) is 0 Å². The lowest BCUT2D eigenvalue weighted by Crippen LogP contribution is -2.54. The van der Waals surface area contributed by atoms with Crippen LogP contribution in [0.3, 0.4) is 0 Å². The topological polar surface area (TPSA) is 129 Å². The minimum absolute atomic E-state index is 0.00273. The maximum Gasteiger partial charge on any atom is 0.329 e. The van der Waals surface area contributed by atoms with E-state index >= 15 is 0 Å². The number of amides is 2. The molecule has 2 amide bonds. The monoisotopic (exact) mass is 426 g/mol. The van der Waals surface area contributed by atoms with Gasteiger partial charge in [0, 0.05) is 6.42 Å². The fourth-order valence-corrected chi connectivity index (χ4v) is 2.60. The number of ether oxygens (including phenoxy) is 1. The zero-order chi connectivity index (χ0) is 23.7. The van der Waals surface area contributed by atoms with Gasteiger partial charge in [-0.05, 0) is 53.1 Å². The molecule has 0 spiro atoms. The molecule has 0 fully saturated rings. The Morgan fingerprint density at radius 1 is 1.00 bits per heavy atom. The summed E-state index contributed by atoms with van der Waals surface area (Å²) in [6.45, 7) is 11.1. The molecule has 3 N–H and O–H groups in total. The molecule has 0 aromatic heterocycles. The van der Waals surface area contributed by atoms with Crippen LogP contribution in [0.25, 0.3) is 0 Å². The van der Waals surface area contributed by atoms with Crippen LogP contribution in [-0.2, 0) is 23.9 Å². The average Bonchev–Trinajstić information content (AvgIpc) is 2.53. The lowest BCUT2D eigenvalue weighted by molar-refractivity contribution is -0.159. The number of esters is 1. The first-order chi connectivity index (χ1) is 13.5. The standard InChI is InChI=1S/C21H38N4O5/c1-20(2,3)11-16(23-17(27)13-25(7)8)18(28)24-15(10-9-14(26)12-22)19(29)30-21(4,5)6/h12,15-16,22H,9-11,13H2,1-8H3,(H,23,27)(H,24,28)/t15-,16-/m0/s1. The first-order valence-corrected chi connectivity index (χ1v) is 10.0. The maximum atomic E-state index is 13.0. The Balaban J connectivity index is 5.48. The molecule has 0 aliphatic carbocycles. The first kappa shape index (κ1) is 27.7. The molecule has 2 atom stereocenters. The van der Waals surface area contributed by atoms with Gasteiger partial charge in [0.1, 0.15) is 17.7 Å². The van der Waals surface area contributed by atoms with E-state index in [-0.39, 0.29) is 30.7 Å².